The second kappa shape index (κ2) is 4.68. The van der Waals surface area contributed by atoms with Gasteiger partial charge >= 0.3 is 0 Å². The molecule has 1 aromatic rings. The van der Waals surface area contributed by atoms with Crippen LogP contribution >= 0.6 is 0 Å². The van der Waals surface area contributed by atoms with Crippen LogP contribution in [0.5, 0.6) is 0 Å². The van der Waals surface area contributed by atoms with E-state index in [4.69, 9.17) is 5.73 Å². The zero-order valence-electron chi connectivity index (χ0n) is 9.96. The quantitative estimate of drug-likeness (QED) is 0.764. The number of amides is 1. The third-order valence-corrected chi connectivity index (χ3v) is 4.70. The number of nitrogens with two attached hydrogens (primary N) is 1. The van der Waals surface area contributed by atoms with E-state index in [9.17, 15) is 13.2 Å². The Bertz CT molecular complexity index is 547. The van der Waals surface area contributed by atoms with Crippen molar-refractivity contribution in [2.75, 3.05) is 20.1 Å². The van der Waals surface area contributed by atoms with Crippen LogP contribution in [0.3, 0.4) is 0 Å². The maximum Gasteiger partial charge on any atom is 0.251 e. The van der Waals surface area contributed by atoms with Gasteiger partial charge in [0.25, 0.3) is 5.91 Å². The number of rotatable bonds is 3. The highest BCUT2D eigenvalue weighted by atomic mass is 32.2. The lowest BCUT2D eigenvalue weighted by atomic mass is 10.2. The molecule has 0 spiro atoms. The molecule has 0 saturated carbocycles. The fourth-order valence-corrected chi connectivity index (χ4v) is 3.29. The van der Waals surface area contributed by atoms with Crippen molar-refractivity contribution in [3.05, 3.63) is 29.8 Å². The summed E-state index contributed by atoms with van der Waals surface area (Å²) in [4.78, 5) is 11.5. The van der Waals surface area contributed by atoms with Gasteiger partial charge in [0.15, 0.2) is 0 Å². The van der Waals surface area contributed by atoms with E-state index in [0.29, 0.717) is 18.7 Å². The molecule has 1 aliphatic heterocycles. The van der Waals surface area contributed by atoms with Crippen LogP contribution in [-0.2, 0) is 10.0 Å². The first kappa shape index (κ1) is 13.0. The van der Waals surface area contributed by atoms with Gasteiger partial charge in [-0.1, -0.05) is 0 Å². The van der Waals surface area contributed by atoms with Gasteiger partial charge < -0.3 is 11.1 Å². The molecule has 7 heteroatoms. The summed E-state index contributed by atoms with van der Waals surface area (Å²) >= 11 is 0. The lowest BCUT2D eigenvalue weighted by molar-refractivity contribution is 0.0963. The first-order valence-electron chi connectivity index (χ1n) is 5.53. The largest absolute Gasteiger partial charge is 0.355 e. The van der Waals surface area contributed by atoms with Crippen molar-refractivity contribution in [3.63, 3.8) is 0 Å². The summed E-state index contributed by atoms with van der Waals surface area (Å²) in [6.07, 6.45) is 0. The molecule has 0 atom stereocenters. The number of benzene rings is 1. The first-order valence-corrected chi connectivity index (χ1v) is 6.97. The van der Waals surface area contributed by atoms with Crippen molar-refractivity contribution < 1.29 is 13.2 Å². The second-order valence-electron chi connectivity index (χ2n) is 4.19. The molecular weight excluding hydrogens is 254 g/mol. The van der Waals surface area contributed by atoms with E-state index in [2.05, 4.69) is 5.32 Å². The third-order valence-electron chi connectivity index (χ3n) is 2.86. The van der Waals surface area contributed by atoms with Crippen molar-refractivity contribution in [1.29, 1.82) is 0 Å². The monoisotopic (exact) mass is 269 g/mol. The molecule has 2 rings (SSSR count). The molecule has 0 aliphatic carbocycles. The fraction of sp³-hybridized carbons (Fsp3) is 0.364. The number of nitrogens with zero attached hydrogens (tertiary/aromatic N) is 1. The van der Waals surface area contributed by atoms with Gasteiger partial charge in [0.05, 0.1) is 4.90 Å². The lowest BCUT2D eigenvalue weighted by Crippen LogP contribution is -2.57. The summed E-state index contributed by atoms with van der Waals surface area (Å²) in [5.74, 6) is -0.245. The number of carbonyl (C=O) groups excluding carboxylic acids is 1. The first-order chi connectivity index (χ1) is 8.45. The number of sulfonamides is 1. The Morgan fingerprint density at radius 3 is 2.33 bits per heavy atom. The molecule has 3 N–H and O–H groups in total. The molecule has 6 nitrogen and oxygen atoms in total. The Labute approximate surface area is 106 Å². The van der Waals surface area contributed by atoms with Crippen molar-refractivity contribution in [2.45, 2.75) is 10.9 Å². The number of nitrogens with one attached hydrogen (secondary N) is 1. The SMILES string of the molecule is CNC(=O)c1ccc(S(=O)(=O)N2CC(N)C2)cc1. The van der Waals surface area contributed by atoms with E-state index in [-0.39, 0.29) is 16.8 Å². The molecule has 18 heavy (non-hydrogen) atoms. The Morgan fingerprint density at radius 2 is 1.89 bits per heavy atom. The summed E-state index contributed by atoms with van der Waals surface area (Å²) in [5.41, 5.74) is 5.99. The molecule has 98 valence electrons. The summed E-state index contributed by atoms with van der Waals surface area (Å²) in [5, 5.41) is 2.48. The maximum atomic E-state index is 12.1. The van der Waals surface area contributed by atoms with Crippen molar-refractivity contribution in [2.24, 2.45) is 5.73 Å². The standard InChI is InChI=1S/C11H15N3O3S/c1-13-11(15)8-2-4-10(5-3-8)18(16,17)14-6-9(12)7-14/h2-5,9H,6-7,12H2,1H3,(H,13,15). The molecular formula is C11H15N3O3S. The van der Waals surface area contributed by atoms with Gasteiger partial charge in [-0.25, -0.2) is 8.42 Å². The van der Waals surface area contributed by atoms with Crippen LogP contribution in [0, 0.1) is 0 Å². The highest BCUT2D eigenvalue weighted by Gasteiger charge is 2.34. The second-order valence-corrected chi connectivity index (χ2v) is 6.12. The minimum atomic E-state index is -3.46. The van der Waals surface area contributed by atoms with Crippen LogP contribution in [0.15, 0.2) is 29.2 Å². The van der Waals surface area contributed by atoms with Crippen LogP contribution in [0.1, 0.15) is 10.4 Å². The molecule has 0 unspecified atom stereocenters. The number of carbonyl (C=O) groups is 1. The van der Waals surface area contributed by atoms with Gasteiger partial charge in [-0.2, -0.15) is 4.31 Å². The van der Waals surface area contributed by atoms with Crippen molar-refractivity contribution in [1.82, 2.24) is 9.62 Å². The third kappa shape index (κ3) is 2.24. The normalized spacial score (nSPS) is 17.2. The van der Waals surface area contributed by atoms with Gasteiger partial charge in [0, 0.05) is 31.7 Å². The highest BCUT2D eigenvalue weighted by Crippen LogP contribution is 2.20. The van der Waals surface area contributed by atoms with Gasteiger partial charge in [-0.05, 0) is 24.3 Å². The molecule has 1 saturated heterocycles. The van der Waals surface area contributed by atoms with E-state index < -0.39 is 10.0 Å². The molecule has 1 aliphatic rings. The Balaban J connectivity index is 2.22. The molecule has 0 aromatic heterocycles. The van der Waals surface area contributed by atoms with E-state index in [0.717, 1.165) is 0 Å². The zero-order valence-corrected chi connectivity index (χ0v) is 10.8. The van der Waals surface area contributed by atoms with Crippen LogP contribution in [0.25, 0.3) is 0 Å². The predicted octanol–water partition coefficient (Wildman–Crippen LogP) is -0.622. The smallest absolute Gasteiger partial charge is 0.251 e. The average molecular weight is 269 g/mol. The molecule has 1 aromatic carbocycles. The minimum Gasteiger partial charge on any atom is -0.355 e. The predicted molar refractivity (Wildman–Crippen MR) is 66.6 cm³/mol. The molecule has 1 fully saturated rings. The van der Waals surface area contributed by atoms with Crippen LogP contribution in [0.2, 0.25) is 0 Å². The van der Waals surface area contributed by atoms with Crippen LogP contribution in [-0.4, -0.2) is 44.8 Å². The zero-order chi connectivity index (χ0) is 13.3. The average Bonchev–Trinajstić information content (AvgIpc) is 2.34. The highest BCUT2D eigenvalue weighted by molar-refractivity contribution is 7.89. The van der Waals surface area contributed by atoms with Crippen molar-refractivity contribution >= 4 is 15.9 Å². The van der Waals surface area contributed by atoms with E-state index in [1.54, 1.807) is 0 Å². The van der Waals surface area contributed by atoms with Crippen molar-refractivity contribution in [3.8, 4) is 0 Å². The molecule has 0 bridgehead atoms. The fourth-order valence-electron chi connectivity index (χ4n) is 1.74. The summed E-state index contributed by atoms with van der Waals surface area (Å²) < 4.78 is 25.5. The van der Waals surface area contributed by atoms with Crippen LogP contribution in [0.4, 0.5) is 0 Å². The van der Waals surface area contributed by atoms with Gasteiger partial charge in [-0.3, -0.25) is 4.79 Å². The topological polar surface area (TPSA) is 92.5 Å². The number of hydrogen-bond acceptors (Lipinski definition) is 4. The lowest BCUT2D eigenvalue weighted by Gasteiger charge is -2.35. The summed E-state index contributed by atoms with van der Waals surface area (Å²) in [7, 11) is -1.94. The minimum absolute atomic E-state index is 0.0788. The molecule has 0 radical (unpaired) electrons. The van der Waals surface area contributed by atoms with Gasteiger partial charge in [-0.15, -0.1) is 0 Å². The molecule has 1 heterocycles. The van der Waals surface area contributed by atoms with Gasteiger partial charge in [0.1, 0.15) is 0 Å². The molecule has 1 amide bonds. The van der Waals surface area contributed by atoms with Gasteiger partial charge in [0.2, 0.25) is 10.0 Å². The van der Waals surface area contributed by atoms with E-state index in [1.807, 2.05) is 0 Å². The summed E-state index contributed by atoms with van der Waals surface area (Å²) in [6, 6.07) is 5.77. The summed E-state index contributed by atoms with van der Waals surface area (Å²) in [6.45, 7) is 0.694. The Morgan fingerprint density at radius 1 is 1.33 bits per heavy atom. The van der Waals surface area contributed by atoms with Crippen LogP contribution < -0.4 is 11.1 Å². The van der Waals surface area contributed by atoms with E-state index >= 15 is 0 Å². The maximum absolute atomic E-state index is 12.1. The Kier molecular flexibility index (Phi) is 3.38. The van der Waals surface area contributed by atoms with E-state index in [1.165, 1.54) is 35.6 Å². The number of hydrogen-bond donors (Lipinski definition) is 2. The Hall–Kier alpha value is -1.44.